The van der Waals surface area contributed by atoms with Crippen molar-refractivity contribution in [1.82, 2.24) is 0 Å². The molecule has 0 aliphatic heterocycles. The number of hydrogen-bond acceptors (Lipinski definition) is 1. The van der Waals surface area contributed by atoms with Crippen molar-refractivity contribution in [3.05, 3.63) is 35.1 Å². The number of benzene rings is 1. The molecule has 0 heterocycles. The molecule has 0 spiro atoms. The first kappa shape index (κ1) is 12.2. The molecule has 1 rings (SSSR count). The van der Waals surface area contributed by atoms with Crippen LogP contribution in [0.1, 0.15) is 37.3 Å². The van der Waals surface area contributed by atoms with E-state index in [0.717, 1.165) is 31.2 Å². The second kappa shape index (κ2) is 5.86. The van der Waals surface area contributed by atoms with E-state index in [1.54, 1.807) is 6.07 Å². The maximum atomic E-state index is 12.8. The number of hydrogen-bond donors (Lipinski definition) is 1. The van der Waals surface area contributed by atoms with Crippen LogP contribution >= 0.6 is 0 Å². The molecule has 0 aliphatic carbocycles. The van der Waals surface area contributed by atoms with Crippen LogP contribution in [0.25, 0.3) is 0 Å². The summed E-state index contributed by atoms with van der Waals surface area (Å²) in [6, 6.07) is 4.90. The Labute approximate surface area is 90.9 Å². The van der Waals surface area contributed by atoms with Gasteiger partial charge in [-0.1, -0.05) is 13.0 Å². The Bertz CT molecular complexity index is 309. The first-order chi connectivity index (χ1) is 7.13. The van der Waals surface area contributed by atoms with Crippen LogP contribution in [0.5, 0.6) is 0 Å². The molecular formula is C13H19FO. The molecule has 15 heavy (non-hydrogen) atoms. The summed E-state index contributed by atoms with van der Waals surface area (Å²) in [5.41, 5.74) is 2.18. The maximum absolute atomic E-state index is 12.8. The fourth-order valence-corrected chi connectivity index (χ4v) is 1.67. The Morgan fingerprint density at radius 2 is 2.13 bits per heavy atom. The maximum Gasteiger partial charge on any atom is 0.123 e. The quantitative estimate of drug-likeness (QED) is 0.791. The van der Waals surface area contributed by atoms with E-state index in [9.17, 15) is 9.50 Å². The Balaban J connectivity index is 2.44. The summed E-state index contributed by atoms with van der Waals surface area (Å²) in [5.74, 6) is -0.176. The highest BCUT2D eigenvalue weighted by atomic mass is 19.1. The monoisotopic (exact) mass is 210 g/mol. The van der Waals surface area contributed by atoms with Crippen LogP contribution in [0.2, 0.25) is 0 Å². The van der Waals surface area contributed by atoms with Crippen molar-refractivity contribution >= 4 is 0 Å². The molecule has 1 unspecified atom stereocenters. The summed E-state index contributed by atoms with van der Waals surface area (Å²) in [7, 11) is 0. The highest BCUT2D eigenvalue weighted by Gasteiger charge is 2.03. The predicted octanol–water partition coefficient (Wildman–Crippen LogP) is 3.23. The minimum atomic E-state index is -0.189. The molecule has 0 aliphatic rings. The highest BCUT2D eigenvalue weighted by Crippen LogP contribution is 2.14. The number of aliphatic hydroxyl groups is 1. The molecule has 0 bridgehead atoms. The van der Waals surface area contributed by atoms with Crippen LogP contribution in [-0.4, -0.2) is 11.2 Å². The van der Waals surface area contributed by atoms with E-state index in [-0.39, 0.29) is 11.9 Å². The van der Waals surface area contributed by atoms with Crippen LogP contribution in [-0.2, 0) is 6.42 Å². The molecule has 2 heteroatoms. The van der Waals surface area contributed by atoms with E-state index in [2.05, 4.69) is 0 Å². The smallest absolute Gasteiger partial charge is 0.123 e. The first-order valence-electron chi connectivity index (χ1n) is 5.56. The Hall–Kier alpha value is -0.890. The molecule has 0 aromatic heterocycles. The third-order valence-electron chi connectivity index (χ3n) is 2.76. The fourth-order valence-electron chi connectivity index (χ4n) is 1.67. The molecule has 0 saturated heterocycles. The van der Waals surface area contributed by atoms with Gasteiger partial charge in [0.05, 0.1) is 6.10 Å². The van der Waals surface area contributed by atoms with Crippen molar-refractivity contribution in [2.45, 2.75) is 45.6 Å². The van der Waals surface area contributed by atoms with Crippen molar-refractivity contribution in [3.63, 3.8) is 0 Å². The summed E-state index contributed by atoms with van der Waals surface area (Å²) < 4.78 is 12.8. The van der Waals surface area contributed by atoms with E-state index in [1.165, 1.54) is 11.6 Å². The number of rotatable bonds is 5. The van der Waals surface area contributed by atoms with Gasteiger partial charge in [-0.15, -0.1) is 0 Å². The molecule has 84 valence electrons. The molecule has 0 radical (unpaired) electrons. The minimum Gasteiger partial charge on any atom is -0.393 e. The van der Waals surface area contributed by atoms with E-state index < -0.39 is 0 Å². The standard InChI is InChI=1S/C13H19FO/c1-3-13(15)6-4-5-11-7-8-12(14)9-10(11)2/h7-9,13,15H,3-6H2,1-2H3. The molecule has 1 aromatic rings. The average Bonchev–Trinajstić information content (AvgIpc) is 2.21. The summed E-state index contributed by atoms with van der Waals surface area (Å²) >= 11 is 0. The predicted molar refractivity (Wildman–Crippen MR) is 60.4 cm³/mol. The van der Waals surface area contributed by atoms with E-state index in [4.69, 9.17) is 0 Å². The second-order valence-electron chi connectivity index (χ2n) is 4.03. The van der Waals surface area contributed by atoms with Gasteiger partial charge in [-0.05, 0) is 55.9 Å². The van der Waals surface area contributed by atoms with Crippen LogP contribution in [0, 0.1) is 12.7 Å². The van der Waals surface area contributed by atoms with E-state index in [1.807, 2.05) is 19.9 Å². The third-order valence-corrected chi connectivity index (χ3v) is 2.76. The zero-order chi connectivity index (χ0) is 11.3. The Morgan fingerprint density at radius 1 is 1.40 bits per heavy atom. The van der Waals surface area contributed by atoms with Crippen molar-refractivity contribution in [1.29, 1.82) is 0 Å². The van der Waals surface area contributed by atoms with Crippen LogP contribution < -0.4 is 0 Å². The molecule has 0 saturated carbocycles. The Morgan fingerprint density at radius 3 is 2.73 bits per heavy atom. The molecule has 1 nitrogen and oxygen atoms in total. The van der Waals surface area contributed by atoms with Crippen molar-refractivity contribution in [2.24, 2.45) is 0 Å². The lowest BCUT2D eigenvalue weighted by Gasteiger charge is -2.08. The lowest BCUT2D eigenvalue weighted by molar-refractivity contribution is 0.157. The molecule has 1 aromatic carbocycles. The number of aryl methyl sites for hydroxylation is 2. The van der Waals surface area contributed by atoms with Gasteiger partial charge in [0.2, 0.25) is 0 Å². The lowest BCUT2D eigenvalue weighted by atomic mass is 10.0. The molecule has 0 fully saturated rings. The molecule has 1 N–H and O–H groups in total. The van der Waals surface area contributed by atoms with E-state index >= 15 is 0 Å². The SMILES string of the molecule is CCC(O)CCCc1ccc(F)cc1C. The first-order valence-corrected chi connectivity index (χ1v) is 5.56. The zero-order valence-corrected chi connectivity index (χ0v) is 9.46. The Kier molecular flexibility index (Phi) is 4.76. The van der Waals surface area contributed by atoms with Gasteiger partial charge in [-0.2, -0.15) is 0 Å². The normalized spacial score (nSPS) is 12.8. The van der Waals surface area contributed by atoms with Crippen LogP contribution in [0.4, 0.5) is 4.39 Å². The molecule has 1 atom stereocenters. The van der Waals surface area contributed by atoms with Crippen molar-refractivity contribution < 1.29 is 9.50 Å². The average molecular weight is 210 g/mol. The summed E-state index contributed by atoms with van der Waals surface area (Å²) in [6.45, 7) is 3.91. The summed E-state index contributed by atoms with van der Waals surface area (Å²) in [5, 5.41) is 9.39. The van der Waals surface area contributed by atoms with E-state index in [0.29, 0.717) is 0 Å². The number of halogens is 1. The highest BCUT2D eigenvalue weighted by molar-refractivity contribution is 5.26. The topological polar surface area (TPSA) is 20.2 Å². The number of aliphatic hydroxyl groups excluding tert-OH is 1. The molecular weight excluding hydrogens is 191 g/mol. The molecule has 0 amide bonds. The third kappa shape index (κ3) is 4.00. The van der Waals surface area contributed by atoms with Crippen LogP contribution in [0.3, 0.4) is 0 Å². The van der Waals surface area contributed by atoms with Gasteiger partial charge in [0.25, 0.3) is 0 Å². The fraction of sp³-hybridized carbons (Fsp3) is 0.538. The largest absolute Gasteiger partial charge is 0.393 e. The zero-order valence-electron chi connectivity index (χ0n) is 9.46. The van der Waals surface area contributed by atoms with Gasteiger partial charge in [-0.25, -0.2) is 4.39 Å². The lowest BCUT2D eigenvalue weighted by Crippen LogP contribution is -2.04. The van der Waals surface area contributed by atoms with Crippen LogP contribution in [0.15, 0.2) is 18.2 Å². The van der Waals surface area contributed by atoms with Crippen molar-refractivity contribution in [2.75, 3.05) is 0 Å². The summed E-state index contributed by atoms with van der Waals surface area (Å²) in [4.78, 5) is 0. The van der Waals surface area contributed by atoms with Gasteiger partial charge in [0.1, 0.15) is 5.82 Å². The van der Waals surface area contributed by atoms with Gasteiger partial charge >= 0.3 is 0 Å². The van der Waals surface area contributed by atoms with Gasteiger partial charge in [0.15, 0.2) is 0 Å². The van der Waals surface area contributed by atoms with Crippen molar-refractivity contribution in [3.8, 4) is 0 Å². The van der Waals surface area contributed by atoms with Gasteiger partial charge in [0, 0.05) is 0 Å². The van der Waals surface area contributed by atoms with Gasteiger partial charge < -0.3 is 5.11 Å². The second-order valence-corrected chi connectivity index (χ2v) is 4.03. The minimum absolute atomic E-state index is 0.176. The van der Waals surface area contributed by atoms with Gasteiger partial charge in [-0.3, -0.25) is 0 Å². The summed E-state index contributed by atoms with van der Waals surface area (Å²) in [6.07, 6.45) is 3.33.